The van der Waals surface area contributed by atoms with Gasteiger partial charge in [0, 0.05) is 50.0 Å². The van der Waals surface area contributed by atoms with Crippen molar-refractivity contribution in [2.45, 2.75) is 25.3 Å². The molecule has 4 rings (SSSR count). The summed E-state index contributed by atoms with van der Waals surface area (Å²) in [4.78, 5) is 16.0. The summed E-state index contributed by atoms with van der Waals surface area (Å²) < 4.78 is 47.1. The third-order valence-corrected chi connectivity index (χ3v) is 5.28. The molecule has 7 nitrogen and oxygen atoms in total. The van der Waals surface area contributed by atoms with Crippen LogP contribution in [0.2, 0.25) is 0 Å². The number of carbonyl (C=O) groups excluding carboxylic acids is 1. The highest BCUT2D eigenvalue weighted by Gasteiger charge is 2.19. The highest BCUT2D eigenvalue weighted by Crippen LogP contribution is 2.29. The number of nitrogens with one attached hydrogen (secondary N) is 1. The van der Waals surface area contributed by atoms with Crippen molar-refractivity contribution in [3.63, 3.8) is 0 Å². The van der Waals surface area contributed by atoms with Crippen molar-refractivity contribution >= 4 is 22.9 Å². The molecule has 1 fully saturated rings. The number of aryl methyl sites for hydroxylation is 1. The van der Waals surface area contributed by atoms with E-state index in [-0.39, 0.29) is 10.7 Å². The highest BCUT2D eigenvalue weighted by atomic mass is 32.1. The van der Waals surface area contributed by atoms with Crippen molar-refractivity contribution in [2.24, 2.45) is 12.8 Å². The molecule has 0 aliphatic carbocycles. The second kappa shape index (κ2) is 10.5. The van der Waals surface area contributed by atoms with E-state index >= 15 is 0 Å². The molecule has 3 heterocycles. The van der Waals surface area contributed by atoms with Crippen LogP contribution >= 0.6 is 11.3 Å². The zero-order valence-corrected chi connectivity index (χ0v) is 17.6. The Morgan fingerprint density at radius 3 is 2.68 bits per heavy atom. The number of hydrogen-bond donors (Lipinski definition) is 2. The van der Waals surface area contributed by atoms with Crippen LogP contribution in [0.4, 0.5) is 18.9 Å². The number of thiazole rings is 1. The number of hydrogen-bond acceptors (Lipinski definition) is 6. The van der Waals surface area contributed by atoms with E-state index in [0.29, 0.717) is 23.9 Å². The fourth-order valence-electron chi connectivity index (χ4n) is 2.85. The van der Waals surface area contributed by atoms with Crippen molar-refractivity contribution in [1.29, 1.82) is 0 Å². The standard InChI is InChI=1S/C14H9F3N4OS.C6H13NO/c1-21-5-8(4-18-21)19-13(22)11-6-23-14(20-11)12-9(16)2-7(15)3-10(12)17;7-6-2-1-4-8-5-3-6/h2-6H,1H3,(H,19,22);6H,1-5,7H2/t;6-/m.1/s1. The SMILES string of the molecule is Cn1cc(NC(=O)c2csc(-c3c(F)cc(F)cc3F)n2)cn1.N[C@@H]1CCCOCC1. The van der Waals surface area contributed by atoms with Crippen LogP contribution in [-0.4, -0.2) is 39.9 Å². The Morgan fingerprint density at radius 2 is 2.00 bits per heavy atom. The quantitative estimate of drug-likeness (QED) is 0.630. The Balaban J connectivity index is 0.000000287. The number of anilines is 1. The summed E-state index contributed by atoms with van der Waals surface area (Å²) in [7, 11) is 1.69. The average Bonchev–Trinajstić information content (AvgIpc) is 3.27. The minimum absolute atomic E-state index is 0.00280. The van der Waals surface area contributed by atoms with Crippen molar-refractivity contribution in [2.75, 3.05) is 18.5 Å². The van der Waals surface area contributed by atoms with Gasteiger partial charge in [0.2, 0.25) is 0 Å². The first-order valence-corrected chi connectivity index (χ1v) is 10.4. The second-order valence-corrected chi connectivity index (χ2v) is 7.80. The maximum absolute atomic E-state index is 13.7. The number of nitrogens with zero attached hydrogens (tertiary/aromatic N) is 3. The molecule has 31 heavy (non-hydrogen) atoms. The van der Waals surface area contributed by atoms with Crippen LogP contribution in [0.25, 0.3) is 10.6 Å². The Kier molecular flexibility index (Phi) is 7.77. The van der Waals surface area contributed by atoms with Gasteiger partial charge in [-0.1, -0.05) is 0 Å². The first-order chi connectivity index (χ1) is 14.8. The van der Waals surface area contributed by atoms with Crippen LogP contribution in [0.5, 0.6) is 0 Å². The van der Waals surface area contributed by atoms with Gasteiger partial charge in [-0.25, -0.2) is 18.2 Å². The van der Waals surface area contributed by atoms with Crippen molar-refractivity contribution in [1.82, 2.24) is 14.8 Å². The van der Waals surface area contributed by atoms with Gasteiger partial charge >= 0.3 is 0 Å². The first-order valence-electron chi connectivity index (χ1n) is 9.57. The summed E-state index contributed by atoms with van der Waals surface area (Å²) in [5.41, 5.74) is 5.65. The molecule has 1 saturated heterocycles. The molecule has 1 aliphatic heterocycles. The lowest BCUT2D eigenvalue weighted by Crippen LogP contribution is -2.19. The topological polar surface area (TPSA) is 95.1 Å². The maximum Gasteiger partial charge on any atom is 0.275 e. The Hall–Kier alpha value is -2.76. The molecule has 1 amide bonds. The van der Waals surface area contributed by atoms with E-state index in [1.54, 1.807) is 13.2 Å². The molecule has 3 N–H and O–H groups in total. The fourth-order valence-corrected chi connectivity index (χ4v) is 3.70. The summed E-state index contributed by atoms with van der Waals surface area (Å²) >= 11 is 0.886. The summed E-state index contributed by atoms with van der Waals surface area (Å²) in [6.45, 7) is 1.77. The Labute approximate surface area is 181 Å². The molecule has 1 aliphatic rings. The average molecular weight is 453 g/mol. The molecule has 11 heteroatoms. The lowest BCUT2D eigenvalue weighted by molar-refractivity contribution is 0.102. The van der Waals surface area contributed by atoms with Gasteiger partial charge in [0.25, 0.3) is 5.91 Å². The molecule has 0 spiro atoms. The molecule has 1 atom stereocenters. The number of carbonyl (C=O) groups is 1. The summed E-state index contributed by atoms with van der Waals surface area (Å²) in [5, 5.41) is 7.77. The van der Waals surface area contributed by atoms with E-state index in [9.17, 15) is 18.0 Å². The number of nitrogens with two attached hydrogens (primary N) is 1. The molecule has 3 aromatic rings. The lowest BCUT2D eigenvalue weighted by Gasteiger charge is -2.02. The molecule has 166 valence electrons. The third-order valence-electron chi connectivity index (χ3n) is 4.42. The van der Waals surface area contributed by atoms with Crippen LogP contribution in [0.1, 0.15) is 29.8 Å². The molecule has 0 radical (unpaired) electrons. The van der Waals surface area contributed by atoms with Crippen LogP contribution in [0.3, 0.4) is 0 Å². The molecule has 0 saturated carbocycles. The molecular formula is C20H22F3N5O2S. The highest BCUT2D eigenvalue weighted by molar-refractivity contribution is 7.13. The van der Waals surface area contributed by atoms with Gasteiger partial charge in [-0.2, -0.15) is 5.10 Å². The normalized spacial score (nSPS) is 16.2. The van der Waals surface area contributed by atoms with Gasteiger partial charge in [-0.05, 0) is 19.3 Å². The lowest BCUT2D eigenvalue weighted by atomic mass is 10.1. The number of benzene rings is 1. The molecule has 1 aromatic carbocycles. The number of amides is 1. The molecular weight excluding hydrogens is 431 g/mol. The van der Waals surface area contributed by atoms with Crippen molar-refractivity contribution in [3.8, 4) is 10.6 Å². The third kappa shape index (κ3) is 6.36. The summed E-state index contributed by atoms with van der Waals surface area (Å²) in [6.07, 6.45) is 6.36. The van der Waals surface area contributed by atoms with Gasteiger partial charge < -0.3 is 15.8 Å². The van der Waals surface area contributed by atoms with Gasteiger partial charge in [0.05, 0.1) is 17.4 Å². The van der Waals surface area contributed by atoms with Crippen LogP contribution in [0.15, 0.2) is 29.9 Å². The van der Waals surface area contributed by atoms with E-state index in [1.807, 2.05) is 0 Å². The Bertz CT molecular complexity index is 1010. The first kappa shape index (κ1) is 22.9. The van der Waals surface area contributed by atoms with E-state index in [4.69, 9.17) is 10.5 Å². The van der Waals surface area contributed by atoms with Gasteiger partial charge in [0.15, 0.2) is 0 Å². The van der Waals surface area contributed by atoms with Gasteiger partial charge in [-0.3, -0.25) is 9.48 Å². The van der Waals surface area contributed by atoms with Crippen molar-refractivity contribution < 1.29 is 22.7 Å². The number of rotatable bonds is 3. The van der Waals surface area contributed by atoms with Crippen LogP contribution in [0, 0.1) is 17.5 Å². The van der Waals surface area contributed by atoms with Crippen LogP contribution in [-0.2, 0) is 11.8 Å². The molecule has 2 aromatic heterocycles. The van der Waals surface area contributed by atoms with E-state index < -0.39 is 28.9 Å². The van der Waals surface area contributed by atoms with E-state index in [0.717, 1.165) is 43.8 Å². The number of aromatic nitrogens is 3. The van der Waals surface area contributed by atoms with E-state index in [1.165, 1.54) is 16.3 Å². The van der Waals surface area contributed by atoms with Crippen molar-refractivity contribution in [3.05, 3.63) is 53.1 Å². The smallest absolute Gasteiger partial charge is 0.275 e. The maximum atomic E-state index is 13.7. The number of halogens is 3. The largest absolute Gasteiger partial charge is 0.381 e. The zero-order chi connectivity index (χ0) is 22.4. The predicted octanol–water partition coefficient (Wildman–Crippen LogP) is 3.73. The minimum Gasteiger partial charge on any atom is -0.381 e. The molecule has 0 bridgehead atoms. The second-order valence-electron chi connectivity index (χ2n) is 6.94. The Morgan fingerprint density at radius 1 is 1.26 bits per heavy atom. The van der Waals surface area contributed by atoms with Crippen LogP contribution < -0.4 is 11.1 Å². The van der Waals surface area contributed by atoms with Gasteiger partial charge in [-0.15, -0.1) is 11.3 Å². The fraction of sp³-hybridized carbons (Fsp3) is 0.350. The monoisotopic (exact) mass is 453 g/mol. The predicted molar refractivity (Wildman–Crippen MR) is 111 cm³/mol. The number of ether oxygens (including phenoxy) is 1. The molecule has 0 unspecified atom stereocenters. The summed E-state index contributed by atoms with van der Waals surface area (Å²) in [5.74, 6) is -3.70. The van der Waals surface area contributed by atoms with E-state index in [2.05, 4.69) is 15.4 Å². The zero-order valence-electron chi connectivity index (χ0n) is 16.8. The minimum atomic E-state index is -1.07. The summed E-state index contributed by atoms with van der Waals surface area (Å²) in [6, 6.07) is 1.53. The van der Waals surface area contributed by atoms with Gasteiger partial charge in [0.1, 0.15) is 28.2 Å².